The Balaban J connectivity index is 2.15. The molecule has 1 aromatic carbocycles. The first-order valence-electron chi connectivity index (χ1n) is 5.47. The summed E-state index contributed by atoms with van der Waals surface area (Å²) in [6.07, 6.45) is -4.41. The van der Waals surface area contributed by atoms with Crippen LogP contribution < -0.4 is 10.5 Å². The van der Waals surface area contributed by atoms with Crippen LogP contribution in [0.2, 0.25) is 0 Å². The van der Waals surface area contributed by atoms with Crippen molar-refractivity contribution in [2.45, 2.75) is 6.18 Å². The molecule has 0 fully saturated rings. The van der Waals surface area contributed by atoms with Crippen LogP contribution >= 0.6 is 12.2 Å². The predicted octanol–water partition coefficient (Wildman–Crippen LogP) is 2.98. The Morgan fingerprint density at radius 1 is 1.30 bits per heavy atom. The van der Waals surface area contributed by atoms with E-state index < -0.39 is 19.6 Å². The molecule has 0 unspecified atom stereocenters. The second-order valence-electron chi connectivity index (χ2n) is 3.85. The molecule has 2 rings (SSSR count). The molecule has 2 N–H and O–H groups in total. The van der Waals surface area contributed by atoms with Crippen LogP contribution in [0.3, 0.4) is 0 Å². The molecule has 0 aliphatic carbocycles. The Morgan fingerprint density at radius 3 is 2.65 bits per heavy atom. The minimum absolute atomic E-state index is 0.0491. The largest absolute Gasteiger partial charge is 0.463 e. The first-order chi connectivity index (χ1) is 9.38. The molecule has 8 heteroatoms. The summed E-state index contributed by atoms with van der Waals surface area (Å²) < 4.78 is 50.8. The summed E-state index contributed by atoms with van der Waals surface area (Å²) in [5, 5.41) is 0.561. The van der Waals surface area contributed by atoms with Crippen LogP contribution in [0.5, 0.6) is 5.75 Å². The number of thiocarbonyl (C=S) groups is 1. The van der Waals surface area contributed by atoms with Gasteiger partial charge >= 0.3 is 6.18 Å². The quantitative estimate of drug-likeness (QED) is 0.523. The number of furan rings is 1. The van der Waals surface area contributed by atoms with Gasteiger partial charge in [0, 0.05) is 0 Å². The van der Waals surface area contributed by atoms with Crippen molar-refractivity contribution in [3.05, 3.63) is 30.0 Å². The first kappa shape index (κ1) is 14.6. The molecule has 0 radical (unpaired) electrons. The van der Waals surface area contributed by atoms with Crippen molar-refractivity contribution in [1.82, 2.24) is 0 Å². The first-order valence-corrected chi connectivity index (χ1v) is 5.88. The van der Waals surface area contributed by atoms with Crippen molar-refractivity contribution in [2.75, 3.05) is 13.4 Å². The molecule has 20 heavy (non-hydrogen) atoms. The lowest BCUT2D eigenvalue weighted by molar-refractivity contribution is -0.186. The normalized spacial score (nSPS) is 11.8. The number of halogens is 3. The second-order valence-corrected chi connectivity index (χ2v) is 4.29. The van der Waals surface area contributed by atoms with Gasteiger partial charge in [-0.1, -0.05) is 24.4 Å². The lowest BCUT2D eigenvalue weighted by atomic mass is 10.2. The van der Waals surface area contributed by atoms with Crippen LogP contribution in [0.25, 0.3) is 11.0 Å². The topological polar surface area (TPSA) is 57.6 Å². The molecule has 0 bridgehead atoms. The summed E-state index contributed by atoms with van der Waals surface area (Å²) in [6.45, 7) is -1.98. The molecular weight excluding hydrogens is 295 g/mol. The van der Waals surface area contributed by atoms with Gasteiger partial charge in [0.15, 0.2) is 12.5 Å². The number of benzene rings is 1. The number of fused-ring (bicyclic) bond motifs is 1. The van der Waals surface area contributed by atoms with Crippen molar-refractivity contribution >= 4 is 28.2 Å². The Hall–Kier alpha value is -1.80. The van der Waals surface area contributed by atoms with Gasteiger partial charge in [0.2, 0.25) is 5.76 Å². The molecular formula is C12H10F3NO3S. The van der Waals surface area contributed by atoms with Crippen molar-refractivity contribution < 1.29 is 27.1 Å². The zero-order chi connectivity index (χ0) is 14.8. The molecule has 0 aliphatic rings. The molecule has 1 heterocycles. The highest BCUT2D eigenvalue weighted by atomic mass is 32.1. The zero-order valence-electron chi connectivity index (χ0n) is 10.1. The molecule has 0 atom stereocenters. The summed E-state index contributed by atoms with van der Waals surface area (Å²) in [5.74, 6) is 0.284. The maximum atomic E-state index is 11.9. The summed E-state index contributed by atoms with van der Waals surface area (Å²) in [5.41, 5.74) is 5.96. The highest BCUT2D eigenvalue weighted by Crippen LogP contribution is 2.33. The van der Waals surface area contributed by atoms with Gasteiger partial charge < -0.3 is 19.6 Å². The smallest absolute Gasteiger partial charge is 0.411 e. The monoisotopic (exact) mass is 305 g/mol. The SMILES string of the molecule is NC(=S)c1oc2ccccc2c1OCOCC(F)(F)F. The minimum atomic E-state index is -4.41. The molecule has 2 aromatic rings. The van der Waals surface area contributed by atoms with E-state index in [2.05, 4.69) is 4.74 Å². The van der Waals surface area contributed by atoms with Crippen molar-refractivity contribution in [3.63, 3.8) is 0 Å². The number of alkyl halides is 3. The Labute approximate surface area is 117 Å². The van der Waals surface area contributed by atoms with Gasteiger partial charge in [0.05, 0.1) is 5.39 Å². The standard InChI is InChI=1S/C12H10F3NO3S/c13-12(14,15)5-17-6-18-9-7-3-1-2-4-8(7)19-10(9)11(16)20/h1-4H,5-6H2,(H2,16,20). The van der Waals surface area contributed by atoms with Gasteiger partial charge in [-0.25, -0.2) is 0 Å². The molecule has 0 amide bonds. The number of hydrogen-bond acceptors (Lipinski definition) is 4. The number of hydrogen-bond donors (Lipinski definition) is 1. The van der Waals surface area contributed by atoms with Gasteiger partial charge in [-0.3, -0.25) is 0 Å². The van der Waals surface area contributed by atoms with E-state index in [4.69, 9.17) is 27.1 Å². The van der Waals surface area contributed by atoms with Gasteiger partial charge in [0.25, 0.3) is 0 Å². The van der Waals surface area contributed by atoms with Gasteiger partial charge in [-0.05, 0) is 12.1 Å². The highest BCUT2D eigenvalue weighted by molar-refractivity contribution is 7.80. The molecule has 0 aliphatic heterocycles. The maximum Gasteiger partial charge on any atom is 0.411 e. The molecule has 4 nitrogen and oxygen atoms in total. The molecule has 0 saturated heterocycles. The fourth-order valence-corrected chi connectivity index (χ4v) is 1.72. The molecule has 0 saturated carbocycles. The molecule has 0 spiro atoms. The lowest BCUT2D eigenvalue weighted by Crippen LogP contribution is -2.19. The summed E-state index contributed by atoms with van der Waals surface area (Å²) >= 11 is 4.81. The number of para-hydroxylation sites is 1. The van der Waals surface area contributed by atoms with E-state index in [1.807, 2.05) is 0 Å². The minimum Gasteiger partial charge on any atom is -0.463 e. The number of rotatable bonds is 5. The average Bonchev–Trinajstić information content (AvgIpc) is 2.72. The van der Waals surface area contributed by atoms with E-state index >= 15 is 0 Å². The van der Waals surface area contributed by atoms with Gasteiger partial charge in [-0.2, -0.15) is 13.2 Å². The summed E-state index contributed by atoms with van der Waals surface area (Å²) in [4.78, 5) is -0.0491. The van der Waals surface area contributed by atoms with Crippen molar-refractivity contribution in [1.29, 1.82) is 0 Å². The van der Waals surface area contributed by atoms with Crippen LogP contribution in [0.4, 0.5) is 13.2 Å². The average molecular weight is 305 g/mol. The van der Waals surface area contributed by atoms with Crippen LogP contribution in [-0.2, 0) is 4.74 Å². The fourth-order valence-electron chi connectivity index (χ4n) is 1.59. The zero-order valence-corrected chi connectivity index (χ0v) is 10.9. The Morgan fingerprint density at radius 2 is 2.00 bits per heavy atom. The van der Waals surface area contributed by atoms with E-state index in [1.54, 1.807) is 24.3 Å². The number of nitrogens with two attached hydrogens (primary N) is 1. The third-order valence-electron chi connectivity index (χ3n) is 2.33. The van der Waals surface area contributed by atoms with Crippen LogP contribution in [0.15, 0.2) is 28.7 Å². The lowest BCUT2D eigenvalue weighted by Gasteiger charge is -2.09. The van der Waals surface area contributed by atoms with Crippen LogP contribution in [-0.4, -0.2) is 24.6 Å². The second kappa shape index (κ2) is 5.68. The van der Waals surface area contributed by atoms with E-state index in [0.29, 0.717) is 11.0 Å². The van der Waals surface area contributed by atoms with Crippen LogP contribution in [0, 0.1) is 0 Å². The fraction of sp³-hybridized carbons (Fsp3) is 0.250. The predicted molar refractivity (Wildman–Crippen MR) is 69.6 cm³/mol. The summed E-state index contributed by atoms with van der Waals surface area (Å²) in [7, 11) is 0. The number of ether oxygens (including phenoxy) is 2. The van der Waals surface area contributed by atoms with Crippen molar-refractivity contribution in [3.8, 4) is 5.75 Å². The third-order valence-corrected chi connectivity index (χ3v) is 2.51. The van der Waals surface area contributed by atoms with E-state index in [1.165, 1.54) is 0 Å². The van der Waals surface area contributed by atoms with Crippen LogP contribution in [0.1, 0.15) is 5.76 Å². The van der Waals surface area contributed by atoms with Gasteiger partial charge in [0.1, 0.15) is 17.2 Å². The van der Waals surface area contributed by atoms with Crippen molar-refractivity contribution in [2.24, 2.45) is 5.73 Å². The van der Waals surface area contributed by atoms with E-state index in [0.717, 1.165) is 0 Å². The molecule has 108 valence electrons. The highest BCUT2D eigenvalue weighted by Gasteiger charge is 2.27. The maximum absolute atomic E-state index is 11.9. The summed E-state index contributed by atoms with van der Waals surface area (Å²) in [6, 6.07) is 6.81. The van der Waals surface area contributed by atoms with Gasteiger partial charge in [-0.15, -0.1) is 0 Å². The molecule has 1 aromatic heterocycles. The van der Waals surface area contributed by atoms with E-state index in [9.17, 15) is 13.2 Å². The van der Waals surface area contributed by atoms with E-state index in [-0.39, 0.29) is 16.5 Å². The third kappa shape index (κ3) is 3.40. The Kier molecular flexibility index (Phi) is 4.15. The Bertz CT molecular complexity index is 624.